The lowest BCUT2D eigenvalue weighted by Crippen LogP contribution is -2.41. The molecule has 1 saturated heterocycles. The Labute approximate surface area is 162 Å². The Balaban J connectivity index is 1.59. The molecule has 4 nitrogen and oxygen atoms in total. The summed E-state index contributed by atoms with van der Waals surface area (Å²) in [5.74, 6) is -0.491. The Morgan fingerprint density at radius 2 is 1.85 bits per heavy atom. The molecule has 2 unspecified atom stereocenters. The first-order valence-corrected chi connectivity index (χ1v) is 9.37. The lowest BCUT2D eigenvalue weighted by atomic mass is 10.1. The Morgan fingerprint density at radius 1 is 1.08 bits per heavy atom. The summed E-state index contributed by atoms with van der Waals surface area (Å²) in [6.07, 6.45) is 1.03. The van der Waals surface area contributed by atoms with Crippen LogP contribution in [-0.2, 0) is 16.0 Å². The molecule has 4 rings (SSSR count). The van der Waals surface area contributed by atoms with Crippen molar-refractivity contribution in [2.45, 2.75) is 25.8 Å². The molecule has 0 spiro atoms. The monoisotopic (exact) mass is 388 g/mol. The molecule has 2 aliphatic heterocycles. The van der Waals surface area contributed by atoms with E-state index in [-0.39, 0.29) is 30.2 Å². The van der Waals surface area contributed by atoms with Crippen molar-refractivity contribution in [1.29, 1.82) is 0 Å². The predicted octanol–water partition coefficient (Wildman–Crippen LogP) is 4.32. The highest BCUT2D eigenvalue weighted by Crippen LogP contribution is 2.37. The van der Waals surface area contributed by atoms with E-state index in [0.29, 0.717) is 22.3 Å². The normalized spacial score (nSPS) is 22.0. The second kappa shape index (κ2) is 6.60. The van der Waals surface area contributed by atoms with Crippen LogP contribution in [0, 0.1) is 5.92 Å². The molecule has 2 amide bonds. The van der Waals surface area contributed by atoms with Gasteiger partial charge in [-0.2, -0.15) is 0 Å². The van der Waals surface area contributed by atoms with Gasteiger partial charge in [0.25, 0.3) is 0 Å². The van der Waals surface area contributed by atoms with E-state index in [2.05, 4.69) is 6.07 Å². The predicted molar refractivity (Wildman–Crippen MR) is 104 cm³/mol. The highest BCUT2D eigenvalue weighted by atomic mass is 35.5. The third-order valence-corrected chi connectivity index (χ3v) is 5.67. The molecule has 2 aliphatic rings. The number of fused-ring (bicyclic) bond motifs is 1. The number of halogens is 2. The number of para-hydroxylation sites is 1. The third-order valence-electron chi connectivity index (χ3n) is 5.12. The highest BCUT2D eigenvalue weighted by Gasteiger charge is 2.41. The van der Waals surface area contributed by atoms with Gasteiger partial charge in [-0.05, 0) is 43.2 Å². The van der Waals surface area contributed by atoms with E-state index in [1.807, 2.05) is 30.0 Å². The van der Waals surface area contributed by atoms with Crippen molar-refractivity contribution in [2.24, 2.45) is 5.92 Å². The topological polar surface area (TPSA) is 40.6 Å². The van der Waals surface area contributed by atoms with E-state index in [0.717, 1.165) is 12.1 Å². The van der Waals surface area contributed by atoms with Crippen LogP contribution >= 0.6 is 23.2 Å². The summed E-state index contributed by atoms with van der Waals surface area (Å²) in [4.78, 5) is 29.1. The number of rotatable bonds is 2. The largest absolute Gasteiger partial charge is 0.310 e. The Kier molecular flexibility index (Phi) is 4.41. The standard InChI is InChI=1S/C20H18Cl2N2O2/c1-12-8-13-4-2-3-5-17(13)24(12)20(26)14-9-19(25)23(11-14)18-10-15(21)6-7-16(18)22/h2-7,10,12,14H,8-9,11H2,1H3. The second-order valence-corrected chi connectivity index (χ2v) is 7.73. The molecule has 0 N–H and O–H groups in total. The number of hydrogen-bond donors (Lipinski definition) is 0. The van der Waals surface area contributed by atoms with Crippen molar-refractivity contribution in [3.05, 3.63) is 58.1 Å². The van der Waals surface area contributed by atoms with Crippen molar-refractivity contribution in [3.8, 4) is 0 Å². The average Bonchev–Trinajstić information content (AvgIpc) is 3.16. The minimum atomic E-state index is -0.383. The highest BCUT2D eigenvalue weighted by molar-refractivity contribution is 6.36. The number of carbonyl (C=O) groups excluding carboxylic acids is 2. The molecule has 0 bridgehead atoms. The van der Waals surface area contributed by atoms with Crippen molar-refractivity contribution >= 4 is 46.4 Å². The molecule has 0 saturated carbocycles. The molecular formula is C20H18Cl2N2O2. The lowest BCUT2D eigenvalue weighted by molar-refractivity contribution is -0.124. The number of nitrogens with zero attached hydrogens (tertiary/aromatic N) is 2. The number of carbonyl (C=O) groups is 2. The molecule has 2 aromatic rings. The minimum absolute atomic E-state index is 0.00329. The van der Waals surface area contributed by atoms with Gasteiger partial charge in [-0.1, -0.05) is 41.4 Å². The van der Waals surface area contributed by atoms with Crippen LogP contribution in [0.4, 0.5) is 11.4 Å². The summed E-state index contributed by atoms with van der Waals surface area (Å²) < 4.78 is 0. The van der Waals surface area contributed by atoms with Crippen LogP contribution in [0.5, 0.6) is 0 Å². The van der Waals surface area contributed by atoms with Gasteiger partial charge in [0.2, 0.25) is 11.8 Å². The fourth-order valence-corrected chi connectivity index (χ4v) is 4.28. The van der Waals surface area contributed by atoms with Crippen molar-refractivity contribution in [1.82, 2.24) is 0 Å². The molecule has 26 heavy (non-hydrogen) atoms. The first-order chi connectivity index (χ1) is 12.5. The zero-order valence-electron chi connectivity index (χ0n) is 14.3. The molecule has 0 aromatic heterocycles. The van der Waals surface area contributed by atoms with E-state index < -0.39 is 0 Å². The van der Waals surface area contributed by atoms with Crippen LogP contribution in [0.1, 0.15) is 18.9 Å². The fraction of sp³-hybridized carbons (Fsp3) is 0.300. The molecule has 2 atom stereocenters. The van der Waals surface area contributed by atoms with Gasteiger partial charge in [0, 0.05) is 29.7 Å². The summed E-state index contributed by atoms with van der Waals surface area (Å²) in [5.41, 5.74) is 2.69. The van der Waals surface area contributed by atoms with Gasteiger partial charge in [0.15, 0.2) is 0 Å². The second-order valence-electron chi connectivity index (χ2n) is 6.89. The van der Waals surface area contributed by atoms with Gasteiger partial charge >= 0.3 is 0 Å². The van der Waals surface area contributed by atoms with Crippen LogP contribution in [0.2, 0.25) is 10.0 Å². The van der Waals surface area contributed by atoms with Gasteiger partial charge in [0.05, 0.1) is 16.6 Å². The molecule has 1 fully saturated rings. The van der Waals surface area contributed by atoms with E-state index >= 15 is 0 Å². The molecular weight excluding hydrogens is 371 g/mol. The number of amides is 2. The molecule has 6 heteroatoms. The van der Waals surface area contributed by atoms with Crippen molar-refractivity contribution in [2.75, 3.05) is 16.3 Å². The minimum Gasteiger partial charge on any atom is -0.310 e. The van der Waals surface area contributed by atoms with Gasteiger partial charge in [0.1, 0.15) is 0 Å². The molecule has 2 heterocycles. The maximum Gasteiger partial charge on any atom is 0.232 e. The van der Waals surface area contributed by atoms with Crippen molar-refractivity contribution < 1.29 is 9.59 Å². The summed E-state index contributed by atoms with van der Waals surface area (Å²) in [7, 11) is 0. The maximum atomic E-state index is 13.2. The lowest BCUT2D eigenvalue weighted by Gasteiger charge is -2.26. The third kappa shape index (κ3) is 2.87. The van der Waals surface area contributed by atoms with Crippen LogP contribution in [-0.4, -0.2) is 24.4 Å². The van der Waals surface area contributed by atoms with Crippen LogP contribution in [0.25, 0.3) is 0 Å². The van der Waals surface area contributed by atoms with E-state index in [9.17, 15) is 9.59 Å². The van der Waals surface area contributed by atoms with Crippen LogP contribution in [0.3, 0.4) is 0 Å². The summed E-state index contributed by atoms with van der Waals surface area (Å²) in [6.45, 7) is 2.36. The van der Waals surface area contributed by atoms with E-state index in [1.54, 1.807) is 23.1 Å². The smallest absolute Gasteiger partial charge is 0.232 e. The number of benzene rings is 2. The molecule has 0 aliphatic carbocycles. The molecule has 134 valence electrons. The Morgan fingerprint density at radius 3 is 2.65 bits per heavy atom. The van der Waals surface area contributed by atoms with E-state index in [4.69, 9.17) is 23.2 Å². The molecule has 0 radical (unpaired) electrons. The van der Waals surface area contributed by atoms with Crippen LogP contribution in [0.15, 0.2) is 42.5 Å². The first kappa shape index (κ1) is 17.4. The zero-order valence-corrected chi connectivity index (χ0v) is 15.8. The maximum absolute atomic E-state index is 13.2. The zero-order chi connectivity index (χ0) is 18.4. The van der Waals surface area contributed by atoms with Gasteiger partial charge in [-0.15, -0.1) is 0 Å². The average molecular weight is 389 g/mol. The van der Waals surface area contributed by atoms with Crippen molar-refractivity contribution in [3.63, 3.8) is 0 Å². The van der Waals surface area contributed by atoms with Gasteiger partial charge < -0.3 is 9.80 Å². The Hall–Kier alpha value is -2.04. The Bertz CT molecular complexity index is 899. The quantitative estimate of drug-likeness (QED) is 0.768. The van der Waals surface area contributed by atoms with Gasteiger partial charge in [-0.3, -0.25) is 9.59 Å². The van der Waals surface area contributed by atoms with Crippen LogP contribution < -0.4 is 9.80 Å². The number of hydrogen-bond acceptors (Lipinski definition) is 2. The SMILES string of the molecule is CC1Cc2ccccc2N1C(=O)C1CC(=O)N(c2cc(Cl)ccc2Cl)C1. The molecule has 2 aromatic carbocycles. The number of anilines is 2. The fourth-order valence-electron chi connectivity index (χ4n) is 3.90. The summed E-state index contributed by atoms with van der Waals surface area (Å²) in [5, 5.41) is 0.963. The summed E-state index contributed by atoms with van der Waals surface area (Å²) >= 11 is 12.3. The first-order valence-electron chi connectivity index (χ1n) is 8.62. The van der Waals surface area contributed by atoms with Gasteiger partial charge in [-0.25, -0.2) is 0 Å². The van der Waals surface area contributed by atoms with E-state index in [1.165, 1.54) is 5.56 Å². The summed E-state index contributed by atoms with van der Waals surface area (Å²) in [6, 6.07) is 13.1.